The number of hydrogen-bond acceptors (Lipinski definition) is 2. The molecular weight excluding hydrogens is 260 g/mol. The fraction of sp³-hybridized carbons (Fsp3) is 0.333. The molecule has 1 rings (SSSR count). The van der Waals surface area contributed by atoms with Gasteiger partial charge in [-0.3, -0.25) is 0 Å². The summed E-state index contributed by atoms with van der Waals surface area (Å²) in [7, 11) is 0. The minimum atomic E-state index is 0. The molecule has 0 aliphatic heterocycles. The largest absolute Gasteiger partial charge is 0.240 e. The van der Waals surface area contributed by atoms with Crippen LogP contribution in [0, 0.1) is 6.92 Å². The number of aryl methyl sites for hydroxylation is 1. The van der Waals surface area contributed by atoms with Gasteiger partial charge in [-0.2, -0.15) is 0 Å². The molecule has 1 aromatic rings. The van der Waals surface area contributed by atoms with E-state index in [-0.39, 0.29) is 17.0 Å². The van der Waals surface area contributed by atoms with E-state index in [1.54, 1.807) is 0 Å². The van der Waals surface area contributed by atoms with Gasteiger partial charge in [0.15, 0.2) is 0 Å². The van der Waals surface area contributed by atoms with Crippen LogP contribution in [0.1, 0.15) is 11.4 Å². The van der Waals surface area contributed by atoms with E-state index in [2.05, 4.69) is 25.9 Å². The van der Waals surface area contributed by atoms with Gasteiger partial charge >= 0.3 is 0 Å². The van der Waals surface area contributed by atoms with Gasteiger partial charge in [-0.1, -0.05) is 15.9 Å². The van der Waals surface area contributed by atoms with E-state index >= 15 is 0 Å². The van der Waals surface area contributed by atoms with Crippen LogP contribution in [-0.4, -0.2) is 9.97 Å². The SMILES string of the molecule is Br.Cc1cnc(CBr)nc1. The average molecular weight is 268 g/mol. The van der Waals surface area contributed by atoms with Crippen LogP contribution in [0.25, 0.3) is 0 Å². The van der Waals surface area contributed by atoms with Crippen LogP contribution in [0.4, 0.5) is 0 Å². The summed E-state index contributed by atoms with van der Waals surface area (Å²) in [5.74, 6) is 0.834. The summed E-state index contributed by atoms with van der Waals surface area (Å²) in [5.41, 5.74) is 1.10. The number of rotatable bonds is 1. The highest BCUT2D eigenvalue weighted by atomic mass is 79.9. The molecule has 0 aliphatic rings. The fourth-order valence-corrected chi connectivity index (χ4v) is 0.778. The van der Waals surface area contributed by atoms with Gasteiger partial charge in [-0.15, -0.1) is 17.0 Å². The van der Waals surface area contributed by atoms with Gasteiger partial charge < -0.3 is 0 Å². The van der Waals surface area contributed by atoms with E-state index in [1.165, 1.54) is 0 Å². The van der Waals surface area contributed by atoms with Crippen LogP contribution in [0.15, 0.2) is 12.4 Å². The van der Waals surface area contributed by atoms with Gasteiger partial charge in [0.05, 0.1) is 5.33 Å². The maximum Gasteiger partial charge on any atom is 0.138 e. The molecule has 4 heteroatoms. The summed E-state index contributed by atoms with van der Waals surface area (Å²) in [4.78, 5) is 8.08. The molecule has 0 saturated heterocycles. The molecular formula is C6H8Br2N2. The molecule has 0 spiro atoms. The van der Waals surface area contributed by atoms with Crippen molar-refractivity contribution < 1.29 is 0 Å². The standard InChI is InChI=1S/C6H7BrN2.BrH/c1-5-3-8-6(2-7)9-4-5;/h3-4H,2H2,1H3;1H. The second kappa shape index (κ2) is 4.79. The molecule has 10 heavy (non-hydrogen) atoms. The number of hydrogen-bond donors (Lipinski definition) is 0. The van der Waals surface area contributed by atoms with E-state index in [9.17, 15) is 0 Å². The maximum atomic E-state index is 4.04. The van der Waals surface area contributed by atoms with Crippen molar-refractivity contribution >= 4 is 32.9 Å². The van der Waals surface area contributed by atoms with Crippen LogP contribution < -0.4 is 0 Å². The Morgan fingerprint density at radius 1 is 1.40 bits per heavy atom. The van der Waals surface area contributed by atoms with Crippen molar-refractivity contribution in [3.8, 4) is 0 Å². The first kappa shape index (κ1) is 10.0. The molecule has 0 radical (unpaired) electrons. The molecule has 56 valence electrons. The molecule has 2 nitrogen and oxygen atoms in total. The van der Waals surface area contributed by atoms with E-state index in [1.807, 2.05) is 19.3 Å². The first-order chi connectivity index (χ1) is 4.33. The van der Waals surface area contributed by atoms with Crippen LogP contribution >= 0.6 is 32.9 Å². The van der Waals surface area contributed by atoms with Crippen molar-refractivity contribution in [2.24, 2.45) is 0 Å². The Balaban J connectivity index is 0.000000810. The molecule has 0 N–H and O–H groups in total. The zero-order chi connectivity index (χ0) is 6.69. The molecule has 1 aromatic heterocycles. The molecule has 0 atom stereocenters. The summed E-state index contributed by atoms with van der Waals surface area (Å²) in [5, 5.41) is 0.729. The number of alkyl halides is 1. The third-order valence-corrected chi connectivity index (χ3v) is 1.46. The molecule has 0 saturated carbocycles. The van der Waals surface area contributed by atoms with E-state index in [4.69, 9.17) is 0 Å². The second-order valence-electron chi connectivity index (χ2n) is 1.81. The minimum Gasteiger partial charge on any atom is -0.240 e. The first-order valence-electron chi connectivity index (χ1n) is 2.66. The lowest BCUT2D eigenvalue weighted by atomic mass is 10.4. The van der Waals surface area contributed by atoms with E-state index in [0.717, 1.165) is 16.7 Å². The Hall–Kier alpha value is 0.0400. The molecule has 0 bridgehead atoms. The second-order valence-corrected chi connectivity index (χ2v) is 2.37. The van der Waals surface area contributed by atoms with Crippen molar-refractivity contribution in [2.45, 2.75) is 12.3 Å². The van der Waals surface area contributed by atoms with Crippen molar-refractivity contribution in [2.75, 3.05) is 0 Å². The molecule has 1 heterocycles. The van der Waals surface area contributed by atoms with Crippen LogP contribution in [0.2, 0.25) is 0 Å². The van der Waals surface area contributed by atoms with Gasteiger partial charge in [-0.25, -0.2) is 9.97 Å². The van der Waals surface area contributed by atoms with Crippen LogP contribution in [0.5, 0.6) is 0 Å². The normalized spacial score (nSPS) is 8.60. The predicted octanol–water partition coefficient (Wildman–Crippen LogP) is 2.26. The first-order valence-corrected chi connectivity index (χ1v) is 3.78. The lowest BCUT2D eigenvalue weighted by Crippen LogP contribution is -1.89. The fourth-order valence-electron chi connectivity index (χ4n) is 0.488. The minimum absolute atomic E-state index is 0. The zero-order valence-corrected chi connectivity index (χ0v) is 8.84. The Kier molecular flexibility index (Phi) is 4.81. The monoisotopic (exact) mass is 266 g/mol. The lowest BCUT2D eigenvalue weighted by molar-refractivity contribution is 1.02. The molecule has 0 aromatic carbocycles. The van der Waals surface area contributed by atoms with Crippen molar-refractivity contribution in [3.63, 3.8) is 0 Å². The lowest BCUT2D eigenvalue weighted by Gasteiger charge is -1.91. The molecule has 0 fully saturated rings. The topological polar surface area (TPSA) is 25.8 Å². The smallest absolute Gasteiger partial charge is 0.138 e. The summed E-state index contributed by atoms with van der Waals surface area (Å²) >= 11 is 3.26. The van der Waals surface area contributed by atoms with Crippen molar-refractivity contribution in [1.29, 1.82) is 0 Å². The Morgan fingerprint density at radius 3 is 2.30 bits per heavy atom. The number of nitrogens with zero attached hydrogens (tertiary/aromatic N) is 2. The van der Waals surface area contributed by atoms with Gasteiger partial charge in [0.1, 0.15) is 5.82 Å². The zero-order valence-electron chi connectivity index (χ0n) is 5.54. The third kappa shape index (κ3) is 2.75. The number of halogens is 2. The van der Waals surface area contributed by atoms with Crippen molar-refractivity contribution in [3.05, 3.63) is 23.8 Å². The van der Waals surface area contributed by atoms with Crippen molar-refractivity contribution in [1.82, 2.24) is 9.97 Å². The average Bonchev–Trinajstić information content (AvgIpc) is 1.90. The maximum absolute atomic E-state index is 4.04. The summed E-state index contributed by atoms with van der Waals surface area (Å²) in [6, 6.07) is 0. The highest BCUT2D eigenvalue weighted by Gasteiger charge is 1.89. The predicted molar refractivity (Wildman–Crippen MR) is 49.7 cm³/mol. The third-order valence-electron chi connectivity index (χ3n) is 0.954. The van der Waals surface area contributed by atoms with Crippen LogP contribution in [0.3, 0.4) is 0 Å². The molecule has 0 unspecified atom stereocenters. The van der Waals surface area contributed by atoms with E-state index < -0.39 is 0 Å². The van der Waals surface area contributed by atoms with Crippen LogP contribution in [-0.2, 0) is 5.33 Å². The molecule has 0 aliphatic carbocycles. The highest BCUT2D eigenvalue weighted by molar-refractivity contribution is 9.08. The molecule has 0 amide bonds. The Labute approximate surface area is 79.0 Å². The highest BCUT2D eigenvalue weighted by Crippen LogP contribution is 1.97. The summed E-state index contributed by atoms with van der Waals surface area (Å²) in [6.07, 6.45) is 3.62. The quantitative estimate of drug-likeness (QED) is 0.730. The van der Waals surface area contributed by atoms with Gasteiger partial charge in [0.25, 0.3) is 0 Å². The number of aromatic nitrogens is 2. The summed E-state index contributed by atoms with van der Waals surface area (Å²) in [6.45, 7) is 1.97. The van der Waals surface area contributed by atoms with Gasteiger partial charge in [0, 0.05) is 12.4 Å². The van der Waals surface area contributed by atoms with Gasteiger partial charge in [-0.05, 0) is 12.5 Å². The Bertz CT molecular complexity index is 185. The van der Waals surface area contributed by atoms with Gasteiger partial charge in [0.2, 0.25) is 0 Å². The van der Waals surface area contributed by atoms with E-state index in [0.29, 0.717) is 0 Å². The summed E-state index contributed by atoms with van der Waals surface area (Å²) < 4.78 is 0. The Morgan fingerprint density at radius 2 is 1.90 bits per heavy atom.